The standard InChI is InChI=1S/C19H17ClN4O/c1-2-11-25-17-9-3-14(4-10-17)12-23-24-18(13-22-19(24)21)15-5-7-16(20)8-6-15/h2-10,12-13H,1,11H2,(H2,21,22). The van der Waals surface area contributed by atoms with E-state index < -0.39 is 0 Å². The van der Waals surface area contributed by atoms with E-state index in [-0.39, 0.29) is 0 Å². The Hall–Kier alpha value is -3.05. The lowest BCUT2D eigenvalue weighted by Crippen LogP contribution is -2.00. The molecule has 126 valence electrons. The van der Waals surface area contributed by atoms with Crippen LogP contribution in [0.15, 0.2) is 72.5 Å². The van der Waals surface area contributed by atoms with Crippen LogP contribution in [-0.4, -0.2) is 22.5 Å². The normalized spacial score (nSPS) is 10.9. The van der Waals surface area contributed by atoms with Gasteiger partial charge in [-0.25, -0.2) is 4.98 Å². The molecule has 0 spiro atoms. The van der Waals surface area contributed by atoms with Crippen molar-refractivity contribution in [2.45, 2.75) is 0 Å². The summed E-state index contributed by atoms with van der Waals surface area (Å²) in [6.07, 6.45) is 5.10. The van der Waals surface area contributed by atoms with Gasteiger partial charge in [0.15, 0.2) is 0 Å². The third-order valence-corrected chi connectivity index (χ3v) is 3.73. The van der Waals surface area contributed by atoms with E-state index in [1.807, 2.05) is 48.5 Å². The summed E-state index contributed by atoms with van der Waals surface area (Å²) in [4.78, 5) is 4.14. The van der Waals surface area contributed by atoms with Gasteiger partial charge in [-0.1, -0.05) is 36.4 Å². The third kappa shape index (κ3) is 4.08. The number of nitrogens with zero attached hydrogens (tertiary/aromatic N) is 3. The maximum atomic E-state index is 5.94. The highest BCUT2D eigenvalue weighted by molar-refractivity contribution is 6.30. The molecule has 3 aromatic rings. The minimum absolute atomic E-state index is 0.312. The Morgan fingerprint density at radius 2 is 1.88 bits per heavy atom. The van der Waals surface area contributed by atoms with Crippen LogP contribution in [-0.2, 0) is 0 Å². The van der Waals surface area contributed by atoms with Gasteiger partial charge in [-0.2, -0.15) is 9.78 Å². The molecule has 0 atom stereocenters. The first kappa shape index (κ1) is 16.8. The predicted molar refractivity (Wildman–Crippen MR) is 102 cm³/mol. The van der Waals surface area contributed by atoms with E-state index >= 15 is 0 Å². The summed E-state index contributed by atoms with van der Waals surface area (Å²) in [6, 6.07) is 15.0. The molecule has 25 heavy (non-hydrogen) atoms. The summed E-state index contributed by atoms with van der Waals surface area (Å²) in [5.74, 6) is 1.09. The second-order valence-corrected chi connectivity index (χ2v) is 5.67. The fraction of sp³-hybridized carbons (Fsp3) is 0.0526. The second kappa shape index (κ2) is 7.68. The number of hydrogen-bond acceptors (Lipinski definition) is 4. The number of halogens is 1. The molecule has 0 bridgehead atoms. The van der Waals surface area contributed by atoms with Gasteiger partial charge in [-0.3, -0.25) is 0 Å². The Labute approximate surface area is 151 Å². The Kier molecular flexibility index (Phi) is 5.16. The van der Waals surface area contributed by atoms with E-state index in [9.17, 15) is 0 Å². The Bertz CT molecular complexity index is 883. The first-order valence-corrected chi connectivity index (χ1v) is 8.02. The smallest absolute Gasteiger partial charge is 0.221 e. The van der Waals surface area contributed by atoms with Crippen LogP contribution in [0, 0.1) is 0 Å². The van der Waals surface area contributed by atoms with E-state index in [0.717, 1.165) is 22.6 Å². The number of nitrogens with two attached hydrogens (primary N) is 1. The zero-order valence-corrected chi connectivity index (χ0v) is 14.2. The Morgan fingerprint density at radius 3 is 2.56 bits per heavy atom. The van der Waals surface area contributed by atoms with Crippen LogP contribution < -0.4 is 10.5 Å². The largest absolute Gasteiger partial charge is 0.490 e. The summed E-state index contributed by atoms with van der Waals surface area (Å²) in [6.45, 7) is 4.10. The van der Waals surface area contributed by atoms with Crippen molar-refractivity contribution in [3.05, 3.63) is 78.0 Å². The van der Waals surface area contributed by atoms with Crippen molar-refractivity contribution in [3.8, 4) is 17.0 Å². The van der Waals surface area contributed by atoms with Gasteiger partial charge in [0.2, 0.25) is 5.95 Å². The maximum absolute atomic E-state index is 5.94. The van der Waals surface area contributed by atoms with Gasteiger partial charge in [0.25, 0.3) is 0 Å². The van der Waals surface area contributed by atoms with Crippen LogP contribution in [0.4, 0.5) is 5.95 Å². The molecular formula is C19H17ClN4O. The highest BCUT2D eigenvalue weighted by Crippen LogP contribution is 2.23. The number of benzene rings is 2. The summed E-state index contributed by atoms with van der Waals surface area (Å²) in [7, 11) is 0. The van der Waals surface area contributed by atoms with Crippen LogP contribution >= 0.6 is 11.6 Å². The highest BCUT2D eigenvalue weighted by Gasteiger charge is 2.08. The molecule has 0 saturated carbocycles. The molecule has 1 aromatic heterocycles. The molecule has 6 heteroatoms. The first-order chi connectivity index (χ1) is 12.2. The monoisotopic (exact) mass is 352 g/mol. The quantitative estimate of drug-likeness (QED) is 0.533. The Morgan fingerprint density at radius 1 is 1.16 bits per heavy atom. The summed E-state index contributed by atoms with van der Waals surface area (Å²) < 4.78 is 7.05. The van der Waals surface area contributed by atoms with E-state index in [2.05, 4.69) is 16.7 Å². The first-order valence-electron chi connectivity index (χ1n) is 7.64. The number of imidazole rings is 1. The zero-order chi connectivity index (χ0) is 17.6. The number of aromatic nitrogens is 2. The lowest BCUT2D eigenvalue weighted by atomic mass is 10.2. The van der Waals surface area contributed by atoms with Crippen molar-refractivity contribution in [1.29, 1.82) is 0 Å². The van der Waals surface area contributed by atoms with Gasteiger partial charge in [-0.05, 0) is 42.0 Å². The number of anilines is 1. The van der Waals surface area contributed by atoms with E-state index in [4.69, 9.17) is 22.1 Å². The van der Waals surface area contributed by atoms with Crippen molar-refractivity contribution in [2.24, 2.45) is 5.10 Å². The molecule has 0 aliphatic carbocycles. The van der Waals surface area contributed by atoms with Crippen LogP contribution in [0.3, 0.4) is 0 Å². The molecule has 0 aliphatic rings. The molecule has 2 N–H and O–H groups in total. The SMILES string of the molecule is C=CCOc1ccc(C=Nn2c(-c3ccc(Cl)cc3)cnc2N)cc1. The molecule has 0 aliphatic heterocycles. The molecule has 0 radical (unpaired) electrons. The Balaban J connectivity index is 1.83. The van der Waals surface area contributed by atoms with Gasteiger partial charge in [-0.15, -0.1) is 0 Å². The van der Waals surface area contributed by atoms with E-state index in [1.54, 1.807) is 23.2 Å². The van der Waals surface area contributed by atoms with Gasteiger partial charge in [0.05, 0.1) is 18.1 Å². The lowest BCUT2D eigenvalue weighted by molar-refractivity contribution is 0.363. The van der Waals surface area contributed by atoms with E-state index in [0.29, 0.717) is 17.6 Å². The fourth-order valence-corrected chi connectivity index (χ4v) is 2.35. The molecule has 2 aromatic carbocycles. The third-order valence-electron chi connectivity index (χ3n) is 3.47. The molecular weight excluding hydrogens is 336 g/mol. The molecule has 0 saturated heterocycles. The van der Waals surface area contributed by atoms with Gasteiger partial charge >= 0.3 is 0 Å². The van der Waals surface area contributed by atoms with Crippen molar-refractivity contribution >= 4 is 23.8 Å². The molecule has 0 amide bonds. The number of hydrogen-bond donors (Lipinski definition) is 1. The zero-order valence-electron chi connectivity index (χ0n) is 13.5. The average molecular weight is 353 g/mol. The van der Waals surface area contributed by atoms with Crippen molar-refractivity contribution in [2.75, 3.05) is 12.3 Å². The molecule has 0 unspecified atom stereocenters. The summed E-state index contributed by atoms with van der Waals surface area (Å²) >= 11 is 5.94. The second-order valence-electron chi connectivity index (χ2n) is 5.23. The predicted octanol–water partition coefficient (Wildman–Crippen LogP) is 4.23. The maximum Gasteiger partial charge on any atom is 0.221 e. The van der Waals surface area contributed by atoms with Crippen molar-refractivity contribution < 1.29 is 4.74 Å². The van der Waals surface area contributed by atoms with Crippen molar-refractivity contribution in [3.63, 3.8) is 0 Å². The summed E-state index contributed by atoms with van der Waals surface area (Å²) in [5.41, 5.74) is 8.57. The number of rotatable bonds is 6. The molecule has 5 nitrogen and oxygen atoms in total. The number of ether oxygens (including phenoxy) is 1. The van der Waals surface area contributed by atoms with Crippen LogP contribution in [0.25, 0.3) is 11.3 Å². The fourth-order valence-electron chi connectivity index (χ4n) is 2.23. The summed E-state index contributed by atoms with van der Waals surface area (Å²) in [5, 5.41) is 5.11. The van der Waals surface area contributed by atoms with Gasteiger partial charge in [0.1, 0.15) is 12.4 Å². The number of nitrogen functional groups attached to an aromatic ring is 1. The minimum atomic E-state index is 0.312. The lowest BCUT2D eigenvalue weighted by Gasteiger charge is -2.05. The minimum Gasteiger partial charge on any atom is -0.490 e. The van der Waals surface area contributed by atoms with Crippen LogP contribution in [0.2, 0.25) is 5.02 Å². The van der Waals surface area contributed by atoms with Gasteiger partial charge < -0.3 is 10.5 Å². The highest BCUT2D eigenvalue weighted by atomic mass is 35.5. The molecule has 0 fully saturated rings. The topological polar surface area (TPSA) is 65.4 Å². The van der Waals surface area contributed by atoms with Crippen molar-refractivity contribution in [1.82, 2.24) is 9.66 Å². The van der Waals surface area contributed by atoms with Crippen LogP contribution in [0.1, 0.15) is 5.56 Å². The molecule has 1 heterocycles. The van der Waals surface area contributed by atoms with Crippen LogP contribution in [0.5, 0.6) is 5.75 Å². The average Bonchev–Trinajstić information content (AvgIpc) is 3.00. The molecule has 3 rings (SSSR count). The van der Waals surface area contributed by atoms with E-state index in [1.165, 1.54) is 0 Å². The van der Waals surface area contributed by atoms with Gasteiger partial charge in [0, 0.05) is 10.6 Å².